The van der Waals surface area contributed by atoms with Crippen LogP contribution >= 0.6 is 15.9 Å². The Morgan fingerprint density at radius 1 is 1.44 bits per heavy atom. The van der Waals surface area contributed by atoms with Gasteiger partial charge in [-0.3, -0.25) is 0 Å². The number of benzene rings is 1. The van der Waals surface area contributed by atoms with Crippen molar-refractivity contribution < 1.29 is 4.74 Å². The molecule has 3 nitrogen and oxygen atoms in total. The third kappa shape index (κ3) is 3.84. The monoisotopic (exact) mass is 282 g/mol. The molecular weight excluding hydrogens is 268 g/mol. The first kappa shape index (κ1) is 13.0. The Morgan fingerprint density at radius 2 is 2.25 bits per heavy atom. The van der Waals surface area contributed by atoms with Crippen molar-refractivity contribution in [2.75, 3.05) is 25.6 Å². The van der Waals surface area contributed by atoms with Crippen LogP contribution in [0.3, 0.4) is 0 Å². The summed E-state index contributed by atoms with van der Waals surface area (Å²) in [6.45, 7) is 1.64. The normalized spacial score (nSPS) is 9.81. The van der Waals surface area contributed by atoms with Gasteiger partial charge in [-0.15, -0.1) is 0 Å². The van der Waals surface area contributed by atoms with Gasteiger partial charge in [-0.2, -0.15) is 5.26 Å². The van der Waals surface area contributed by atoms with Crippen LogP contribution in [-0.2, 0) is 4.74 Å². The van der Waals surface area contributed by atoms with Crippen LogP contribution in [-0.4, -0.2) is 20.3 Å². The molecule has 0 bridgehead atoms. The van der Waals surface area contributed by atoms with Crippen LogP contribution in [0.4, 0.5) is 5.69 Å². The smallest absolute Gasteiger partial charge is 0.103 e. The second-order valence-corrected chi connectivity index (χ2v) is 4.26. The van der Waals surface area contributed by atoms with Crippen molar-refractivity contribution in [1.82, 2.24) is 0 Å². The quantitative estimate of drug-likeness (QED) is 0.816. The Bertz CT molecular complexity index is 374. The number of halogens is 1. The molecule has 0 unspecified atom stereocenters. The standard InChI is InChI=1S/C12H15BrN2O/c1-16-8-3-2-7-15-12-6-4-5-11(13)10(12)9-14/h4-6,15H,2-3,7-8H2,1H3. The Hall–Kier alpha value is -1.05. The summed E-state index contributed by atoms with van der Waals surface area (Å²) in [5, 5.41) is 12.3. The van der Waals surface area contributed by atoms with Crippen LogP contribution < -0.4 is 5.32 Å². The number of unbranched alkanes of at least 4 members (excludes halogenated alkanes) is 1. The molecule has 16 heavy (non-hydrogen) atoms. The van der Waals surface area contributed by atoms with E-state index in [1.54, 1.807) is 7.11 Å². The van der Waals surface area contributed by atoms with E-state index in [1.807, 2.05) is 18.2 Å². The first-order chi connectivity index (χ1) is 7.79. The molecule has 0 aromatic heterocycles. The fourth-order valence-corrected chi connectivity index (χ4v) is 1.83. The van der Waals surface area contributed by atoms with Crippen molar-refractivity contribution in [3.8, 4) is 6.07 Å². The number of hydrogen-bond acceptors (Lipinski definition) is 3. The van der Waals surface area contributed by atoms with Crippen LogP contribution in [0.15, 0.2) is 22.7 Å². The van der Waals surface area contributed by atoms with Crippen LogP contribution in [0.25, 0.3) is 0 Å². The van der Waals surface area contributed by atoms with Gasteiger partial charge in [0.05, 0.1) is 11.3 Å². The molecule has 0 aliphatic heterocycles. The lowest BCUT2D eigenvalue weighted by molar-refractivity contribution is 0.194. The summed E-state index contributed by atoms with van der Waals surface area (Å²) in [5.74, 6) is 0. The topological polar surface area (TPSA) is 45.0 Å². The SMILES string of the molecule is COCCCCNc1cccc(Br)c1C#N. The molecule has 0 amide bonds. The summed E-state index contributed by atoms with van der Waals surface area (Å²) in [6.07, 6.45) is 2.06. The lowest BCUT2D eigenvalue weighted by atomic mass is 10.2. The minimum Gasteiger partial charge on any atom is -0.385 e. The summed E-state index contributed by atoms with van der Waals surface area (Å²) in [4.78, 5) is 0. The van der Waals surface area contributed by atoms with E-state index in [2.05, 4.69) is 27.3 Å². The van der Waals surface area contributed by atoms with Gasteiger partial charge in [0.25, 0.3) is 0 Å². The van der Waals surface area contributed by atoms with Crippen molar-refractivity contribution in [2.24, 2.45) is 0 Å². The molecule has 86 valence electrons. The van der Waals surface area contributed by atoms with Gasteiger partial charge in [0, 0.05) is 24.7 Å². The maximum Gasteiger partial charge on any atom is 0.103 e. The Balaban J connectivity index is 2.48. The zero-order chi connectivity index (χ0) is 11.8. The average Bonchev–Trinajstić information content (AvgIpc) is 2.29. The van der Waals surface area contributed by atoms with Gasteiger partial charge >= 0.3 is 0 Å². The van der Waals surface area contributed by atoms with Gasteiger partial charge in [-0.05, 0) is 40.9 Å². The molecule has 0 spiro atoms. The molecule has 0 aliphatic rings. The van der Waals surface area contributed by atoms with Gasteiger partial charge < -0.3 is 10.1 Å². The summed E-state index contributed by atoms with van der Waals surface area (Å²) >= 11 is 3.36. The van der Waals surface area contributed by atoms with E-state index in [0.29, 0.717) is 5.56 Å². The zero-order valence-electron chi connectivity index (χ0n) is 9.29. The molecule has 0 heterocycles. The molecule has 0 saturated heterocycles. The van der Waals surface area contributed by atoms with E-state index in [9.17, 15) is 0 Å². The highest BCUT2D eigenvalue weighted by molar-refractivity contribution is 9.10. The van der Waals surface area contributed by atoms with Gasteiger partial charge in [-0.25, -0.2) is 0 Å². The summed E-state index contributed by atoms with van der Waals surface area (Å²) in [5.41, 5.74) is 1.54. The average molecular weight is 283 g/mol. The van der Waals surface area contributed by atoms with E-state index < -0.39 is 0 Å². The minimum atomic E-state index is 0.661. The Morgan fingerprint density at radius 3 is 2.94 bits per heavy atom. The number of rotatable bonds is 6. The molecule has 0 fully saturated rings. The number of methoxy groups -OCH3 is 1. The van der Waals surface area contributed by atoms with Crippen molar-refractivity contribution >= 4 is 21.6 Å². The molecule has 0 aliphatic carbocycles. The molecular formula is C12H15BrN2O. The van der Waals surface area contributed by atoms with E-state index in [-0.39, 0.29) is 0 Å². The molecule has 1 aromatic rings. The second kappa shape index (κ2) is 7.26. The highest BCUT2D eigenvalue weighted by atomic mass is 79.9. The van der Waals surface area contributed by atoms with Gasteiger partial charge in [-0.1, -0.05) is 6.07 Å². The van der Waals surface area contributed by atoms with Crippen molar-refractivity contribution in [3.05, 3.63) is 28.2 Å². The highest BCUT2D eigenvalue weighted by Gasteiger charge is 2.04. The number of hydrogen-bond donors (Lipinski definition) is 1. The van der Waals surface area contributed by atoms with Gasteiger partial charge in [0.1, 0.15) is 6.07 Å². The summed E-state index contributed by atoms with van der Waals surface area (Å²) in [6, 6.07) is 7.89. The minimum absolute atomic E-state index is 0.661. The lowest BCUT2D eigenvalue weighted by Crippen LogP contribution is -2.04. The number of nitrogens with zero attached hydrogens (tertiary/aromatic N) is 1. The number of anilines is 1. The third-order valence-electron chi connectivity index (χ3n) is 2.22. The molecule has 0 radical (unpaired) electrons. The predicted molar refractivity (Wildman–Crippen MR) is 68.5 cm³/mol. The first-order valence-electron chi connectivity index (χ1n) is 5.21. The van der Waals surface area contributed by atoms with E-state index in [4.69, 9.17) is 10.00 Å². The molecule has 1 aromatic carbocycles. The maximum atomic E-state index is 9.00. The van der Waals surface area contributed by atoms with Crippen molar-refractivity contribution in [3.63, 3.8) is 0 Å². The highest BCUT2D eigenvalue weighted by Crippen LogP contribution is 2.23. The van der Waals surface area contributed by atoms with E-state index >= 15 is 0 Å². The van der Waals surface area contributed by atoms with Crippen molar-refractivity contribution in [1.29, 1.82) is 5.26 Å². The maximum absolute atomic E-state index is 9.00. The molecule has 0 saturated carbocycles. The van der Waals surface area contributed by atoms with Crippen molar-refractivity contribution in [2.45, 2.75) is 12.8 Å². The summed E-state index contributed by atoms with van der Waals surface area (Å²) in [7, 11) is 1.70. The Kier molecular flexibility index (Phi) is 5.91. The van der Waals surface area contributed by atoms with Gasteiger partial charge in [0.15, 0.2) is 0 Å². The third-order valence-corrected chi connectivity index (χ3v) is 2.88. The molecule has 1 N–H and O–H groups in total. The van der Waals surface area contributed by atoms with E-state index in [1.165, 1.54) is 0 Å². The number of ether oxygens (including phenoxy) is 1. The van der Waals surface area contributed by atoms with Gasteiger partial charge in [0.2, 0.25) is 0 Å². The molecule has 4 heteroatoms. The van der Waals surface area contributed by atoms with Crippen LogP contribution in [0.2, 0.25) is 0 Å². The largest absolute Gasteiger partial charge is 0.385 e. The lowest BCUT2D eigenvalue weighted by Gasteiger charge is -2.08. The van der Waals surface area contributed by atoms with Crippen LogP contribution in [0.1, 0.15) is 18.4 Å². The zero-order valence-corrected chi connectivity index (χ0v) is 10.9. The number of nitriles is 1. The molecule has 0 atom stereocenters. The molecule has 1 rings (SSSR count). The summed E-state index contributed by atoms with van der Waals surface area (Å²) < 4.78 is 5.80. The first-order valence-corrected chi connectivity index (χ1v) is 6.00. The number of nitrogens with one attached hydrogen (secondary N) is 1. The predicted octanol–water partition coefficient (Wildman–Crippen LogP) is 3.16. The fraction of sp³-hybridized carbons (Fsp3) is 0.417. The van der Waals surface area contributed by atoms with Crippen LogP contribution in [0, 0.1) is 11.3 Å². The fourth-order valence-electron chi connectivity index (χ4n) is 1.38. The Labute approximate surface area is 105 Å². The second-order valence-electron chi connectivity index (χ2n) is 3.40. The van der Waals surface area contributed by atoms with Crippen LogP contribution in [0.5, 0.6) is 0 Å². The van der Waals surface area contributed by atoms with E-state index in [0.717, 1.165) is 36.2 Å².